The molecular formula is C23H23Cl2N3O. The van der Waals surface area contributed by atoms with Crippen molar-refractivity contribution in [1.82, 2.24) is 15.1 Å². The number of fused-ring (bicyclic) bond motifs is 2. The molecule has 0 spiro atoms. The monoisotopic (exact) mass is 427 g/mol. The van der Waals surface area contributed by atoms with Crippen LogP contribution in [0.5, 0.6) is 0 Å². The topological polar surface area (TPSA) is 52.2 Å². The van der Waals surface area contributed by atoms with E-state index >= 15 is 0 Å². The second-order valence-electron chi connectivity index (χ2n) is 8.18. The van der Waals surface area contributed by atoms with Gasteiger partial charge < -0.3 is 5.11 Å². The van der Waals surface area contributed by atoms with Gasteiger partial charge in [-0.2, -0.15) is 5.10 Å². The molecule has 0 amide bonds. The quantitative estimate of drug-likeness (QED) is 0.574. The average Bonchev–Trinajstić information content (AvgIpc) is 3.31. The van der Waals surface area contributed by atoms with Gasteiger partial charge in [0.25, 0.3) is 0 Å². The minimum atomic E-state index is -0.915. The van der Waals surface area contributed by atoms with Crippen molar-refractivity contribution in [3.63, 3.8) is 0 Å². The van der Waals surface area contributed by atoms with Gasteiger partial charge in [0, 0.05) is 33.9 Å². The van der Waals surface area contributed by atoms with Crippen molar-refractivity contribution in [2.75, 3.05) is 0 Å². The van der Waals surface area contributed by atoms with Crippen LogP contribution in [0.25, 0.3) is 0 Å². The SMILES string of the molecule is OC12CCC(CC(c3ccn[nH]3)C1)N2C(c1ccccc1Cl)c1ccccc1Cl. The number of halogens is 2. The van der Waals surface area contributed by atoms with Crippen LogP contribution in [0.3, 0.4) is 0 Å². The fourth-order valence-corrected chi connectivity index (χ4v) is 5.77. The van der Waals surface area contributed by atoms with Gasteiger partial charge in [0.1, 0.15) is 5.72 Å². The van der Waals surface area contributed by atoms with Gasteiger partial charge >= 0.3 is 0 Å². The van der Waals surface area contributed by atoms with Crippen molar-refractivity contribution in [2.45, 2.75) is 49.4 Å². The van der Waals surface area contributed by atoms with Crippen LogP contribution in [0.4, 0.5) is 0 Å². The number of aliphatic hydroxyl groups is 1. The van der Waals surface area contributed by atoms with Gasteiger partial charge in [-0.25, -0.2) is 0 Å². The van der Waals surface area contributed by atoms with Crippen LogP contribution in [0.1, 0.15) is 54.5 Å². The van der Waals surface area contributed by atoms with E-state index in [2.05, 4.69) is 15.1 Å². The van der Waals surface area contributed by atoms with Crippen molar-refractivity contribution >= 4 is 23.2 Å². The predicted molar refractivity (Wildman–Crippen MR) is 115 cm³/mol. The van der Waals surface area contributed by atoms with E-state index in [1.807, 2.05) is 54.6 Å². The van der Waals surface area contributed by atoms with Gasteiger partial charge in [0.2, 0.25) is 0 Å². The molecule has 3 aromatic rings. The van der Waals surface area contributed by atoms with Crippen molar-refractivity contribution < 1.29 is 5.11 Å². The lowest BCUT2D eigenvalue weighted by atomic mass is 9.83. The number of H-pyrrole nitrogens is 1. The summed E-state index contributed by atoms with van der Waals surface area (Å²) in [5.41, 5.74) is 2.14. The van der Waals surface area contributed by atoms with Crippen LogP contribution in [-0.4, -0.2) is 32.0 Å². The lowest BCUT2D eigenvalue weighted by molar-refractivity contribution is -0.139. The number of nitrogens with one attached hydrogen (secondary N) is 1. The van der Waals surface area contributed by atoms with Gasteiger partial charge in [0.15, 0.2) is 0 Å². The fraction of sp³-hybridized carbons (Fsp3) is 0.348. The van der Waals surface area contributed by atoms with E-state index in [1.54, 1.807) is 6.20 Å². The van der Waals surface area contributed by atoms with Crippen LogP contribution < -0.4 is 0 Å². The highest BCUT2D eigenvalue weighted by atomic mass is 35.5. The minimum Gasteiger partial charge on any atom is -0.376 e. The molecule has 3 atom stereocenters. The number of hydrogen-bond acceptors (Lipinski definition) is 3. The number of aromatic nitrogens is 2. The molecule has 4 nitrogen and oxygen atoms in total. The van der Waals surface area contributed by atoms with E-state index < -0.39 is 5.72 Å². The third kappa shape index (κ3) is 3.28. The first-order valence-corrected chi connectivity index (χ1v) is 10.8. The molecule has 2 bridgehead atoms. The van der Waals surface area contributed by atoms with Gasteiger partial charge in [0.05, 0.1) is 6.04 Å². The molecule has 3 heterocycles. The Morgan fingerprint density at radius 1 is 1.03 bits per heavy atom. The first kappa shape index (κ1) is 19.1. The van der Waals surface area contributed by atoms with E-state index in [0.717, 1.165) is 36.1 Å². The highest BCUT2D eigenvalue weighted by molar-refractivity contribution is 6.32. The van der Waals surface area contributed by atoms with E-state index in [1.165, 1.54) is 0 Å². The number of benzene rings is 2. The molecule has 0 radical (unpaired) electrons. The third-order valence-electron chi connectivity index (χ3n) is 6.52. The van der Waals surface area contributed by atoms with Gasteiger partial charge in [-0.15, -0.1) is 0 Å². The third-order valence-corrected chi connectivity index (χ3v) is 7.21. The van der Waals surface area contributed by atoms with Crippen LogP contribution in [-0.2, 0) is 0 Å². The first-order chi connectivity index (χ1) is 14.1. The number of nitrogens with zero attached hydrogens (tertiary/aromatic N) is 2. The van der Waals surface area contributed by atoms with Crippen LogP contribution in [0.2, 0.25) is 10.0 Å². The number of hydrogen-bond donors (Lipinski definition) is 2. The molecule has 6 heteroatoms. The highest BCUT2D eigenvalue weighted by Crippen LogP contribution is 2.54. The Hall–Kier alpha value is -1.85. The lowest BCUT2D eigenvalue weighted by Gasteiger charge is -2.48. The van der Waals surface area contributed by atoms with Gasteiger partial charge in [-0.05, 0) is 55.0 Å². The Kier molecular flexibility index (Phi) is 4.91. The van der Waals surface area contributed by atoms with Crippen molar-refractivity contribution in [3.05, 3.63) is 87.7 Å². The molecule has 150 valence electrons. The van der Waals surface area contributed by atoms with Crippen molar-refractivity contribution in [2.24, 2.45) is 0 Å². The highest BCUT2D eigenvalue weighted by Gasteiger charge is 2.54. The maximum absolute atomic E-state index is 11.8. The summed E-state index contributed by atoms with van der Waals surface area (Å²) >= 11 is 13.3. The molecule has 2 fully saturated rings. The first-order valence-electron chi connectivity index (χ1n) is 10.1. The molecule has 3 unspecified atom stereocenters. The van der Waals surface area contributed by atoms with E-state index in [9.17, 15) is 5.11 Å². The number of piperidine rings is 1. The molecule has 5 rings (SSSR count). The van der Waals surface area contributed by atoms with E-state index in [0.29, 0.717) is 16.5 Å². The molecule has 0 saturated carbocycles. The zero-order valence-electron chi connectivity index (χ0n) is 15.9. The minimum absolute atomic E-state index is 0.197. The van der Waals surface area contributed by atoms with Gasteiger partial charge in [-0.3, -0.25) is 10.00 Å². The molecule has 2 N–H and O–H groups in total. The molecule has 2 saturated heterocycles. The summed E-state index contributed by atoms with van der Waals surface area (Å²) in [6.07, 6.45) is 5.11. The Labute approximate surface area is 180 Å². The van der Waals surface area contributed by atoms with Gasteiger partial charge in [-0.1, -0.05) is 59.6 Å². The molecule has 29 heavy (non-hydrogen) atoms. The molecule has 2 aliphatic heterocycles. The summed E-state index contributed by atoms with van der Waals surface area (Å²) in [6, 6.07) is 17.8. The van der Waals surface area contributed by atoms with Crippen molar-refractivity contribution in [3.8, 4) is 0 Å². The Morgan fingerprint density at radius 2 is 1.69 bits per heavy atom. The van der Waals surface area contributed by atoms with E-state index in [4.69, 9.17) is 23.2 Å². The molecular weight excluding hydrogens is 405 g/mol. The summed E-state index contributed by atoms with van der Waals surface area (Å²) in [4.78, 5) is 2.27. The zero-order valence-corrected chi connectivity index (χ0v) is 17.4. The van der Waals surface area contributed by atoms with Crippen molar-refractivity contribution in [1.29, 1.82) is 0 Å². The smallest absolute Gasteiger partial charge is 0.120 e. The van der Waals surface area contributed by atoms with Crippen LogP contribution in [0, 0.1) is 0 Å². The molecule has 2 aromatic carbocycles. The predicted octanol–water partition coefficient (Wildman–Crippen LogP) is 5.54. The van der Waals surface area contributed by atoms with E-state index in [-0.39, 0.29) is 18.0 Å². The molecule has 0 aliphatic carbocycles. The summed E-state index contributed by atoms with van der Waals surface area (Å²) in [7, 11) is 0. The maximum Gasteiger partial charge on any atom is 0.120 e. The summed E-state index contributed by atoms with van der Waals surface area (Å²) in [5, 5.41) is 20.4. The lowest BCUT2D eigenvalue weighted by Crippen LogP contribution is -2.54. The Bertz CT molecular complexity index is 963. The summed E-state index contributed by atoms with van der Waals surface area (Å²) in [5.74, 6) is 0.268. The largest absolute Gasteiger partial charge is 0.376 e. The molecule has 1 aromatic heterocycles. The van der Waals surface area contributed by atoms with Crippen LogP contribution >= 0.6 is 23.2 Å². The Balaban J connectivity index is 1.60. The zero-order chi connectivity index (χ0) is 20.0. The standard InChI is InChI=1S/C23H23Cl2N3O/c24-19-7-3-1-5-17(19)22(18-6-2-4-8-20(18)25)28-16-9-11-23(28,29)14-15(13-16)21-10-12-26-27-21/h1-8,10,12,15-16,22,29H,9,11,13-14H2,(H,26,27). The summed E-state index contributed by atoms with van der Waals surface area (Å²) in [6.45, 7) is 0. The van der Waals surface area contributed by atoms with Crippen LogP contribution in [0.15, 0.2) is 60.8 Å². The fourth-order valence-electron chi connectivity index (χ4n) is 5.29. The normalized spacial score (nSPS) is 26.9. The second-order valence-corrected chi connectivity index (χ2v) is 8.99. The maximum atomic E-state index is 11.8. The average molecular weight is 428 g/mol. The number of aromatic amines is 1. The molecule has 2 aliphatic rings. The Morgan fingerprint density at radius 3 is 2.24 bits per heavy atom. The summed E-state index contributed by atoms with van der Waals surface area (Å²) < 4.78 is 0. The second kappa shape index (κ2) is 7.44. The number of rotatable bonds is 4.